The van der Waals surface area contributed by atoms with Gasteiger partial charge in [0.15, 0.2) is 0 Å². The Morgan fingerprint density at radius 2 is 2.43 bits per heavy atom. The average Bonchev–Trinajstić information content (AvgIpc) is 1.68. The van der Waals surface area contributed by atoms with Crippen molar-refractivity contribution < 1.29 is 4.79 Å². The third-order valence-corrected chi connectivity index (χ3v) is 0.595. The van der Waals surface area contributed by atoms with Crippen LogP contribution in [0.2, 0.25) is 0 Å². The van der Waals surface area contributed by atoms with Crippen LogP contribution in [-0.2, 0) is 4.79 Å². The van der Waals surface area contributed by atoms with Gasteiger partial charge in [0.05, 0.1) is 0 Å². The molecule has 0 heterocycles. The number of hydrogen-bond donors (Lipinski definition) is 0. The molecule has 0 spiro atoms. The normalized spacial score (nSPS) is 11.6. The lowest BCUT2D eigenvalue weighted by atomic mass is 10.2. The standard InChI is InChI=1S/C6H8O/c1-3-4-6(2)5-7/h4-6H,1H2,2H3/t6-/m1/s1. The molecule has 7 heavy (non-hydrogen) atoms. The fourth-order valence-electron chi connectivity index (χ4n) is 0.225. The maximum Gasteiger partial charge on any atom is 0.127 e. The van der Waals surface area contributed by atoms with E-state index < -0.39 is 0 Å². The lowest BCUT2D eigenvalue weighted by Crippen LogP contribution is -1.86. The fraction of sp³-hybridized carbons (Fsp3) is 0.333. The Labute approximate surface area is 43.3 Å². The van der Waals surface area contributed by atoms with Crippen molar-refractivity contribution in [3.8, 4) is 0 Å². The molecule has 1 nitrogen and oxygen atoms in total. The summed E-state index contributed by atoms with van der Waals surface area (Å²) >= 11 is 0. The molecule has 0 fully saturated rings. The molecule has 0 saturated heterocycles. The van der Waals surface area contributed by atoms with Gasteiger partial charge in [-0.05, 0) is 6.08 Å². The summed E-state index contributed by atoms with van der Waals surface area (Å²) in [6, 6.07) is 0. The zero-order chi connectivity index (χ0) is 5.70. The number of hydrogen-bond acceptors (Lipinski definition) is 1. The highest BCUT2D eigenvalue weighted by Crippen LogP contribution is 1.86. The molecule has 0 N–H and O–H groups in total. The summed E-state index contributed by atoms with van der Waals surface area (Å²) in [5.41, 5.74) is 2.51. The van der Waals surface area contributed by atoms with E-state index in [1.165, 1.54) is 0 Å². The summed E-state index contributed by atoms with van der Waals surface area (Å²) < 4.78 is 0. The van der Waals surface area contributed by atoms with Crippen LogP contribution in [0.1, 0.15) is 6.92 Å². The summed E-state index contributed by atoms with van der Waals surface area (Å²) in [4.78, 5) is 9.80. The molecule has 0 aromatic rings. The van der Waals surface area contributed by atoms with E-state index in [2.05, 4.69) is 12.3 Å². The fourth-order valence-corrected chi connectivity index (χ4v) is 0.225. The molecule has 0 aromatic heterocycles. The highest BCUT2D eigenvalue weighted by atomic mass is 16.1. The zero-order valence-corrected chi connectivity index (χ0v) is 4.35. The topological polar surface area (TPSA) is 17.1 Å². The molecule has 0 rings (SSSR count). The van der Waals surface area contributed by atoms with Crippen molar-refractivity contribution >= 4 is 6.29 Å². The molecule has 38 valence electrons. The summed E-state index contributed by atoms with van der Waals surface area (Å²) in [6.45, 7) is 5.09. The summed E-state index contributed by atoms with van der Waals surface area (Å²) in [5.74, 6) is -0.0301. The Morgan fingerprint density at radius 3 is 2.57 bits per heavy atom. The minimum absolute atomic E-state index is 0.0301. The van der Waals surface area contributed by atoms with Crippen molar-refractivity contribution in [1.29, 1.82) is 0 Å². The summed E-state index contributed by atoms with van der Waals surface area (Å²) in [5, 5.41) is 0. The van der Waals surface area contributed by atoms with E-state index in [0.717, 1.165) is 6.29 Å². The number of aldehydes is 1. The predicted octanol–water partition coefficient (Wildman–Crippen LogP) is 1.16. The van der Waals surface area contributed by atoms with Crippen LogP contribution in [0.15, 0.2) is 18.4 Å². The molecule has 1 atom stereocenters. The van der Waals surface area contributed by atoms with Crippen LogP contribution in [0, 0.1) is 5.92 Å². The Kier molecular flexibility index (Phi) is 2.99. The maximum absolute atomic E-state index is 9.80. The van der Waals surface area contributed by atoms with Gasteiger partial charge in [0.25, 0.3) is 0 Å². The third-order valence-electron chi connectivity index (χ3n) is 0.595. The second-order valence-corrected chi connectivity index (χ2v) is 1.37. The van der Waals surface area contributed by atoms with Gasteiger partial charge in [-0.25, -0.2) is 0 Å². The van der Waals surface area contributed by atoms with Gasteiger partial charge in [-0.15, -0.1) is 5.73 Å². The number of carbonyl (C=O) groups excluding carboxylic acids is 1. The number of rotatable bonds is 2. The van der Waals surface area contributed by atoms with Crippen molar-refractivity contribution in [2.75, 3.05) is 0 Å². The lowest BCUT2D eigenvalue weighted by Gasteiger charge is -1.83. The minimum atomic E-state index is -0.0301. The van der Waals surface area contributed by atoms with Crippen molar-refractivity contribution in [2.45, 2.75) is 6.92 Å². The molecule has 0 amide bonds. The van der Waals surface area contributed by atoms with Gasteiger partial charge >= 0.3 is 0 Å². The Bertz CT molecular complexity index is 98.7. The maximum atomic E-state index is 9.80. The highest BCUT2D eigenvalue weighted by molar-refractivity contribution is 5.55. The van der Waals surface area contributed by atoms with Gasteiger partial charge in [-0.3, -0.25) is 0 Å². The van der Waals surface area contributed by atoms with Crippen LogP contribution in [-0.4, -0.2) is 6.29 Å². The molecular formula is C6H8O. The van der Waals surface area contributed by atoms with Gasteiger partial charge in [-0.2, -0.15) is 0 Å². The third kappa shape index (κ3) is 3.01. The van der Waals surface area contributed by atoms with Crippen LogP contribution in [0.25, 0.3) is 0 Å². The molecule has 0 bridgehead atoms. The molecule has 0 aliphatic rings. The predicted molar refractivity (Wildman–Crippen MR) is 28.9 cm³/mol. The molecular weight excluding hydrogens is 88.1 g/mol. The van der Waals surface area contributed by atoms with Gasteiger partial charge in [0, 0.05) is 5.92 Å². The monoisotopic (exact) mass is 96.1 g/mol. The van der Waals surface area contributed by atoms with Crippen molar-refractivity contribution in [1.82, 2.24) is 0 Å². The lowest BCUT2D eigenvalue weighted by molar-refractivity contribution is -0.109. The second kappa shape index (κ2) is 3.38. The van der Waals surface area contributed by atoms with E-state index in [1.54, 1.807) is 13.0 Å². The van der Waals surface area contributed by atoms with Gasteiger partial charge < -0.3 is 4.79 Å². The molecule has 1 heteroatoms. The smallest absolute Gasteiger partial charge is 0.127 e. The first-order valence-electron chi connectivity index (χ1n) is 2.12. The first-order valence-corrected chi connectivity index (χ1v) is 2.12. The molecule has 0 aromatic carbocycles. The first-order chi connectivity index (χ1) is 3.31. The Hall–Kier alpha value is -0.810. The van der Waals surface area contributed by atoms with Crippen LogP contribution < -0.4 is 0 Å². The van der Waals surface area contributed by atoms with E-state index in [0.29, 0.717) is 0 Å². The van der Waals surface area contributed by atoms with E-state index >= 15 is 0 Å². The van der Waals surface area contributed by atoms with Crippen LogP contribution in [0.3, 0.4) is 0 Å². The Morgan fingerprint density at radius 1 is 1.86 bits per heavy atom. The summed E-state index contributed by atoms with van der Waals surface area (Å²) in [7, 11) is 0. The number of allylic oxidation sites excluding steroid dienone is 1. The van der Waals surface area contributed by atoms with Gasteiger partial charge in [0.2, 0.25) is 0 Å². The summed E-state index contributed by atoms with van der Waals surface area (Å²) in [6.07, 6.45) is 2.46. The number of carbonyl (C=O) groups is 1. The molecule has 0 unspecified atom stereocenters. The molecule has 0 radical (unpaired) electrons. The second-order valence-electron chi connectivity index (χ2n) is 1.37. The van der Waals surface area contributed by atoms with Crippen LogP contribution in [0.5, 0.6) is 0 Å². The zero-order valence-electron chi connectivity index (χ0n) is 4.35. The first kappa shape index (κ1) is 6.19. The van der Waals surface area contributed by atoms with E-state index in [9.17, 15) is 4.79 Å². The molecule has 0 aliphatic heterocycles. The minimum Gasteiger partial charge on any atom is -0.303 e. The van der Waals surface area contributed by atoms with E-state index in [4.69, 9.17) is 0 Å². The van der Waals surface area contributed by atoms with Crippen LogP contribution >= 0.6 is 0 Å². The highest BCUT2D eigenvalue weighted by Gasteiger charge is 1.86. The van der Waals surface area contributed by atoms with Crippen molar-refractivity contribution in [2.24, 2.45) is 5.92 Å². The van der Waals surface area contributed by atoms with Gasteiger partial charge in [-0.1, -0.05) is 13.5 Å². The van der Waals surface area contributed by atoms with Crippen molar-refractivity contribution in [3.63, 3.8) is 0 Å². The van der Waals surface area contributed by atoms with Crippen LogP contribution in [0.4, 0.5) is 0 Å². The van der Waals surface area contributed by atoms with Gasteiger partial charge in [0.1, 0.15) is 6.29 Å². The molecule has 0 saturated carbocycles. The van der Waals surface area contributed by atoms with E-state index in [1.807, 2.05) is 0 Å². The largest absolute Gasteiger partial charge is 0.303 e. The molecule has 0 aliphatic carbocycles. The average molecular weight is 96.1 g/mol. The van der Waals surface area contributed by atoms with Crippen molar-refractivity contribution in [3.05, 3.63) is 18.4 Å². The Balaban J connectivity index is 3.56. The quantitative estimate of drug-likeness (QED) is 0.372. The van der Waals surface area contributed by atoms with E-state index in [-0.39, 0.29) is 5.92 Å². The SMILES string of the molecule is C=C=C[C@@H](C)C=O.